The van der Waals surface area contributed by atoms with Crippen LogP contribution in [-0.2, 0) is 14.8 Å². The molecule has 2 aromatic rings. The van der Waals surface area contributed by atoms with Crippen molar-refractivity contribution >= 4 is 43.2 Å². The first-order valence-corrected chi connectivity index (χ1v) is 11.8. The lowest BCUT2D eigenvalue weighted by atomic mass is 10.1. The number of sulfonamides is 1. The fourth-order valence-electron chi connectivity index (χ4n) is 2.94. The third kappa shape index (κ3) is 5.31. The summed E-state index contributed by atoms with van der Waals surface area (Å²) in [6.45, 7) is 2.74. The van der Waals surface area contributed by atoms with Crippen molar-refractivity contribution in [2.75, 3.05) is 13.1 Å². The van der Waals surface area contributed by atoms with Gasteiger partial charge >= 0.3 is 0 Å². The van der Waals surface area contributed by atoms with Gasteiger partial charge < -0.3 is 9.64 Å². The van der Waals surface area contributed by atoms with E-state index >= 15 is 0 Å². The summed E-state index contributed by atoms with van der Waals surface area (Å²) in [6.07, 6.45) is 0.577. The van der Waals surface area contributed by atoms with Crippen LogP contribution < -0.4 is 9.46 Å². The van der Waals surface area contributed by atoms with Crippen LogP contribution in [0.1, 0.15) is 19.8 Å². The molecule has 1 atom stereocenters. The van der Waals surface area contributed by atoms with Gasteiger partial charge in [-0.1, -0.05) is 22.0 Å². The van der Waals surface area contributed by atoms with E-state index in [1.54, 1.807) is 41.5 Å². The smallest absolute Gasteiger partial charge is 0.263 e. The van der Waals surface area contributed by atoms with Crippen LogP contribution in [0.15, 0.2) is 50.5 Å². The molecule has 2 heterocycles. The molecule has 0 aliphatic carbocycles. The minimum atomic E-state index is -3.48. The van der Waals surface area contributed by atoms with E-state index in [0.29, 0.717) is 35.9 Å². The number of rotatable bonds is 6. The van der Waals surface area contributed by atoms with Gasteiger partial charge in [0, 0.05) is 23.6 Å². The summed E-state index contributed by atoms with van der Waals surface area (Å²) in [4.78, 5) is 14.3. The Labute approximate surface area is 171 Å². The molecule has 3 rings (SSSR count). The molecular formula is C18H21BrN2O4S2. The van der Waals surface area contributed by atoms with Crippen molar-refractivity contribution in [3.63, 3.8) is 0 Å². The van der Waals surface area contributed by atoms with E-state index in [2.05, 4.69) is 20.7 Å². The Morgan fingerprint density at radius 1 is 1.26 bits per heavy atom. The molecule has 0 saturated carbocycles. The van der Waals surface area contributed by atoms with E-state index in [9.17, 15) is 13.2 Å². The van der Waals surface area contributed by atoms with Crippen molar-refractivity contribution in [2.24, 2.45) is 0 Å². The van der Waals surface area contributed by atoms with E-state index < -0.39 is 16.1 Å². The van der Waals surface area contributed by atoms with Gasteiger partial charge in [0.05, 0.1) is 0 Å². The number of amides is 1. The van der Waals surface area contributed by atoms with Gasteiger partial charge in [-0.05, 0) is 55.5 Å². The first kappa shape index (κ1) is 20.3. The molecule has 0 bridgehead atoms. The third-order valence-electron chi connectivity index (χ3n) is 4.36. The van der Waals surface area contributed by atoms with Gasteiger partial charge in [0.2, 0.25) is 10.0 Å². The average Bonchev–Trinajstić information content (AvgIpc) is 3.19. The van der Waals surface area contributed by atoms with Crippen LogP contribution >= 0.6 is 27.3 Å². The summed E-state index contributed by atoms with van der Waals surface area (Å²) in [5.74, 6) is 0.551. The maximum absolute atomic E-state index is 12.6. The fraction of sp³-hybridized carbons (Fsp3) is 0.389. The zero-order valence-corrected chi connectivity index (χ0v) is 18.0. The number of thiophene rings is 1. The third-order valence-corrected chi connectivity index (χ3v) is 7.81. The molecule has 9 heteroatoms. The molecule has 1 aliphatic rings. The molecule has 1 amide bonds. The van der Waals surface area contributed by atoms with E-state index in [1.807, 2.05) is 12.1 Å². The second-order valence-electron chi connectivity index (χ2n) is 6.37. The van der Waals surface area contributed by atoms with Crippen molar-refractivity contribution in [3.05, 3.63) is 46.3 Å². The largest absolute Gasteiger partial charge is 0.481 e. The Morgan fingerprint density at radius 3 is 2.52 bits per heavy atom. The topological polar surface area (TPSA) is 75.7 Å². The summed E-state index contributed by atoms with van der Waals surface area (Å²) in [7, 11) is -3.48. The molecule has 27 heavy (non-hydrogen) atoms. The number of carbonyl (C=O) groups is 1. The maximum atomic E-state index is 12.6. The monoisotopic (exact) mass is 472 g/mol. The number of benzene rings is 1. The van der Waals surface area contributed by atoms with E-state index in [0.717, 1.165) is 4.47 Å². The summed E-state index contributed by atoms with van der Waals surface area (Å²) < 4.78 is 34.3. The zero-order chi connectivity index (χ0) is 19.4. The van der Waals surface area contributed by atoms with Crippen molar-refractivity contribution in [1.82, 2.24) is 9.62 Å². The normalized spacial score (nSPS) is 16.9. The van der Waals surface area contributed by atoms with Gasteiger partial charge in [-0.25, -0.2) is 13.1 Å². The maximum Gasteiger partial charge on any atom is 0.263 e. The Morgan fingerprint density at radius 2 is 1.93 bits per heavy atom. The van der Waals surface area contributed by atoms with Gasteiger partial charge in [0.25, 0.3) is 5.91 Å². The quantitative estimate of drug-likeness (QED) is 0.699. The number of halogens is 1. The number of carbonyl (C=O) groups excluding carboxylic acids is 1. The van der Waals surface area contributed by atoms with Crippen molar-refractivity contribution < 1.29 is 17.9 Å². The van der Waals surface area contributed by atoms with Crippen LogP contribution in [0.3, 0.4) is 0 Å². The Balaban J connectivity index is 1.51. The number of likely N-dealkylation sites (tertiary alicyclic amines) is 1. The highest BCUT2D eigenvalue weighted by Crippen LogP contribution is 2.21. The molecule has 1 fully saturated rings. The standard InChI is InChI=1S/C18H21BrN2O4S2/c1-13(25-16-6-4-14(19)5-7-16)18(22)21-10-8-15(9-11-21)20-27(23,24)17-3-2-12-26-17/h2-7,12-13,15,20H,8-11H2,1H3/t13-/m1/s1. The number of piperidine rings is 1. The molecule has 1 saturated heterocycles. The molecule has 1 N–H and O–H groups in total. The second-order valence-corrected chi connectivity index (χ2v) is 10.2. The van der Waals surface area contributed by atoms with E-state index in [1.165, 1.54) is 11.3 Å². The minimum Gasteiger partial charge on any atom is -0.481 e. The summed E-state index contributed by atoms with van der Waals surface area (Å²) in [5, 5.41) is 1.74. The second kappa shape index (κ2) is 8.72. The van der Waals surface area contributed by atoms with Gasteiger partial charge in [-0.3, -0.25) is 4.79 Å². The van der Waals surface area contributed by atoms with Crippen molar-refractivity contribution in [2.45, 2.75) is 36.1 Å². The molecule has 6 nitrogen and oxygen atoms in total. The first-order chi connectivity index (χ1) is 12.8. The first-order valence-electron chi connectivity index (χ1n) is 8.62. The molecule has 1 aromatic carbocycles. The lowest BCUT2D eigenvalue weighted by molar-refractivity contribution is -0.139. The van der Waals surface area contributed by atoms with E-state index in [-0.39, 0.29) is 11.9 Å². The van der Waals surface area contributed by atoms with Gasteiger partial charge in [0.1, 0.15) is 9.96 Å². The van der Waals surface area contributed by atoms with Crippen LogP contribution in [0.5, 0.6) is 5.75 Å². The summed E-state index contributed by atoms with van der Waals surface area (Å²) >= 11 is 4.56. The van der Waals surface area contributed by atoms with Crippen molar-refractivity contribution in [3.8, 4) is 5.75 Å². The zero-order valence-electron chi connectivity index (χ0n) is 14.8. The Kier molecular flexibility index (Phi) is 6.56. The lowest BCUT2D eigenvalue weighted by Crippen LogP contribution is -2.49. The van der Waals surface area contributed by atoms with Crippen LogP contribution in [0.25, 0.3) is 0 Å². The van der Waals surface area contributed by atoms with Crippen LogP contribution in [0.4, 0.5) is 0 Å². The predicted octanol–water partition coefficient (Wildman–Crippen LogP) is 3.25. The number of nitrogens with one attached hydrogen (secondary N) is 1. The highest BCUT2D eigenvalue weighted by molar-refractivity contribution is 9.10. The highest BCUT2D eigenvalue weighted by atomic mass is 79.9. The van der Waals surface area contributed by atoms with E-state index in [4.69, 9.17) is 4.74 Å². The van der Waals surface area contributed by atoms with Crippen molar-refractivity contribution in [1.29, 1.82) is 0 Å². The summed E-state index contributed by atoms with van der Waals surface area (Å²) in [5.41, 5.74) is 0. The average molecular weight is 473 g/mol. The number of hydrogen-bond donors (Lipinski definition) is 1. The molecule has 1 aromatic heterocycles. The number of hydrogen-bond acceptors (Lipinski definition) is 5. The molecule has 0 radical (unpaired) electrons. The minimum absolute atomic E-state index is 0.0857. The van der Waals surface area contributed by atoms with Gasteiger partial charge in [0.15, 0.2) is 6.10 Å². The molecule has 0 unspecified atom stereocenters. The SMILES string of the molecule is C[C@@H](Oc1ccc(Br)cc1)C(=O)N1CCC(NS(=O)(=O)c2cccs2)CC1. The lowest BCUT2D eigenvalue weighted by Gasteiger charge is -2.33. The molecule has 0 spiro atoms. The van der Waals surface area contributed by atoms with Gasteiger partial charge in [-0.2, -0.15) is 0 Å². The molecule has 146 valence electrons. The summed E-state index contributed by atoms with van der Waals surface area (Å²) in [6, 6.07) is 10.5. The number of nitrogens with zero attached hydrogens (tertiary/aromatic N) is 1. The fourth-order valence-corrected chi connectivity index (χ4v) is 5.52. The Hall–Kier alpha value is -1.42. The van der Waals surface area contributed by atoms with Crippen LogP contribution in [0.2, 0.25) is 0 Å². The van der Waals surface area contributed by atoms with Crippen LogP contribution in [-0.4, -0.2) is 44.5 Å². The highest BCUT2D eigenvalue weighted by Gasteiger charge is 2.29. The molecule has 1 aliphatic heterocycles. The Bertz CT molecular complexity index is 861. The molecular weight excluding hydrogens is 452 g/mol. The predicted molar refractivity (Wildman–Crippen MR) is 108 cm³/mol. The number of ether oxygens (including phenoxy) is 1. The van der Waals surface area contributed by atoms with Crippen LogP contribution in [0, 0.1) is 0 Å². The van der Waals surface area contributed by atoms with Gasteiger partial charge in [-0.15, -0.1) is 11.3 Å².